The zero-order valence-electron chi connectivity index (χ0n) is 12.8. The lowest BCUT2D eigenvalue weighted by Gasteiger charge is -2.26. The Bertz CT molecular complexity index is 513. The van der Waals surface area contributed by atoms with Crippen LogP contribution in [0.1, 0.15) is 30.1 Å². The average molecular weight is 319 g/mol. The van der Waals surface area contributed by atoms with E-state index in [1.807, 2.05) is 0 Å². The molecule has 1 aromatic rings. The Morgan fingerprint density at radius 1 is 1.14 bits per heavy atom. The minimum atomic E-state index is -4.51. The van der Waals surface area contributed by atoms with Crippen LogP contribution in [0.4, 0.5) is 13.2 Å². The van der Waals surface area contributed by atoms with E-state index >= 15 is 0 Å². The molecule has 1 aliphatic rings. The number of alkyl halides is 3. The summed E-state index contributed by atoms with van der Waals surface area (Å²) < 4.78 is 54.9. The monoisotopic (exact) mass is 319 g/mol. The quantitative estimate of drug-likeness (QED) is 0.905. The molecule has 1 fully saturated rings. The minimum Gasteiger partial charge on any atom is -0.496 e. The first-order valence-electron chi connectivity index (χ1n) is 7.01. The first-order chi connectivity index (χ1) is 10.4. The van der Waals surface area contributed by atoms with Crippen molar-refractivity contribution in [3.8, 4) is 11.5 Å². The standard InChI is InChI=1S/C15H20F3NO3/c1-20-12-8-10(15(16,17)18)13(21-2)7-9(12)14(22-3)11-5-4-6-19-11/h7-8,11,14,19H,4-6H2,1-3H3/t11-,14-/m0/s1. The van der Waals surface area contributed by atoms with Gasteiger partial charge in [0.1, 0.15) is 23.2 Å². The van der Waals surface area contributed by atoms with Gasteiger partial charge in [-0.2, -0.15) is 13.2 Å². The summed E-state index contributed by atoms with van der Waals surface area (Å²) in [4.78, 5) is 0. The number of halogens is 3. The molecule has 0 aliphatic carbocycles. The highest BCUT2D eigenvalue weighted by molar-refractivity contribution is 5.49. The van der Waals surface area contributed by atoms with Gasteiger partial charge in [-0.15, -0.1) is 0 Å². The van der Waals surface area contributed by atoms with E-state index in [0.29, 0.717) is 5.56 Å². The van der Waals surface area contributed by atoms with Gasteiger partial charge < -0.3 is 19.5 Å². The number of benzene rings is 1. The molecule has 1 saturated heterocycles. The highest BCUT2D eigenvalue weighted by atomic mass is 19.4. The SMILES string of the molecule is COc1cc(C(F)(F)F)c(OC)cc1[C@H](OC)[C@@H]1CCCN1. The summed E-state index contributed by atoms with van der Waals surface area (Å²) in [5.41, 5.74) is -0.306. The molecule has 2 atom stereocenters. The zero-order chi connectivity index (χ0) is 16.3. The molecule has 0 saturated carbocycles. The molecule has 1 aromatic carbocycles. The van der Waals surface area contributed by atoms with Crippen molar-refractivity contribution in [3.05, 3.63) is 23.3 Å². The van der Waals surface area contributed by atoms with E-state index in [9.17, 15) is 13.2 Å². The molecule has 1 heterocycles. The van der Waals surface area contributed by atoms with Crippen molar-refractivity contribution < 1.29 is 27.4 Å². The van der Waals surface area contributed by atoms with E-state index in [1.54, 1.807) is 0 Å². The maximum absolute atomic E-state index is 13.1. The Balaban J connectivity index is 2.50. The first kappa shape index (κ1) is 16.9. The van der Waals surface area contributed by atoms with E-state index in [4.69, 9.17) is 14.2 Å². The summed E-state index contributed by atoms with van der Waals surface area (Å²) in [6.07, 6.45) is -3.00. The van der Waals surface area contributed by atoms with Crippen LogP contribution in [0.3, 0.4) is 0 Å². The fraction of sp³-hybridized carbons (Fsp3) is 0.600. The highest BCUT2D eigenvalue weighted by Crippen LogP contribution is 2.43. The molecular weight excluding hydrogens is 299 g/mol. The topological polar surface area (TPSA) is 39.7 Å². The van der Waals surface area contributed by atoms with Crippen LogP contribution in [0.25, 0.3) is 0 Å². The van der Waals surface area contributed by atoms with Crippen LogP contribution in [0.15, 0.2) is 12.1 Å². The number of methoxy groups -OCH3 is 3. The molecule has 4 nitrogen and oxygen atoms in total. The van der Waals surface area contributed by atoms with Crippen molar-refractivity contribution in [1.82, 2.24) is 5.32 Å². The van der Waals surface area contributed by atoms with Crippen LogP contribution in [0.2, 0.25) is 0 Å². The summed E-state index contributed by atoms with van der Waals surface area (Å²) in [7, 11) is 4.10. The molecule has 0 spiro atoms. The second-order valence-electron chi connectivity index (χ2n) is 5.15. The first-order valence-corrected chi connectivity index (χ1v) is 7.01. The van der Waals surface area contributed by atoms with Gasteiger partial charge in [0.05, 0.1) is 14.2 Å². The smallest absolute Gasteiger partial charge is 0.420 e. The van der Waals surface area contributed by atoms with Crippen LogP contribution in [-0.2, 0) is 10.9 Å². The number of nitrogens with one attached hydrogen (secondary N) is 1. The van der Waals surface area contributed by atoms with Crippen LogP contribution in [0, 0.1) is 0 Å². The van der Waals surface area contributed by atoms with Crippen molar-refractivity contribution in [2.24, 2.45) is 0 Å². The van der Waals surface area contributed by atoms with Gasteiger partial charge in [-0.25, -0.2) is 0 Å². The Hall–Kier alpha value is -1.47. The molecule has 124 valence electrons. The molecule has 2 rings (SSSR count). The van der Waals surface area contributed by atoms with Crippen molar-refractivity contribution >= 4 is 0 Å². The molecule has 0 radical (unpaired) electrons. The lowest BCUT2D eigenvalue weighted by molar-refractivity contribution is -0.138. The fourth-order valence-electron chi connectivity index (χ4n) is 2.84. The largest absolute Gasteiger partial charge is 0.496 e. The van der Waals surface area contributed by atoms with Gasteiger partial charge in [0.2, 0.25) is 0 Å². The van der Waals surface area contributed by atoms with Crippen molar-refractivity contribution in [1.29, 1.82) is 0 Å². The third-order valence-corrected chi connectivity index (χ3v) is 3.88. The summed E-state index contributed by atoms with van der Waals surface area (Å²) in [6, 6.07) is 2.37. The number of ether oxygens (including phenoxy) is 3. The molecule has 1 aliphatic heterocycles. The fourth-order valence-corrected chi connectivity index (χ4v) is 2.84. The van der Waals surface area contributed by atoms with Crippen LogP contribution in [-0.4, -0.2) is 33.9 Å². The van der Waals surface area contributed by atoms with Gasteiger partial charge in [-0.3, -0.25) is 0 Å². The van der Waals surface area contributed by atoms with Crippen molar-refractivity contribution in [2.75, 3.05) is 27.9 Å². The molecule has 0 bridgehead atoms. The lowest BCUT2D eigenvalue weighted by atomic mass is 9.97. The summed E-state index contributed by atoms with van der Waals surface area (Å²) in [6.45, 7) is 0.866. The molecule has 22 heavy (non-hydrogen) atoms. The second-order valence-corrected chi connectivity index (χ2v) is 5.15. The van der Waals surface area contributed by atoms with Crippen LogP contribution in [0.5, 0.6) is 11.5 Å². The number of hydrogen-bond acceptors (Lipinski definition) is 4. The Kier molecular flexibility index (Phi) is 5.18. The van der Waals surface area contributed by atoms with E-state index < -0.39 is 17.8 Å². The normalized spacial score (nSPS) is 20.0. The molecule has 1 N–H and O–H groups in total. The van der Waals surface area contributed by atoms with Gasteiger partial charge in [0, 0.05) is 18.7 Å². The Morgan fingerprint density at radius 2 is 1.82 bits per heavy atom. The maximum atomic E-state index is 13.1. The zero-order valence-corrected chi connectivity index (χ0v) is 12.8. The van der Waals surface area contributed by atoms with Gasteiger partial charge >= 0.3 is 6.18 Å². The minimum absolute atomic E-state index is 0.0420. The van der Waals surface area contributed by atoms with E-state index in [-0.39, 0.29) is 17.5 Å². The van der Waals surface area contributed by atoms with Gasteiger partial charge in [0.15, 0.2) is 0 Å². The lowest BCUT2D eigenvalue weighted by Crippen LogP contribution is -2.30. The molecule has 7 heteroatoms. The predicted octanol–water partition coefficient (Wildman–Crippen LogP) is 3.16. The molecule has 0 unspecified atom stereocenters. The van der Waals surface area contributed by atoms with Crippen molar-refractivity contribution in [2.45, 2.75) is 31.2 Å². The molecular formula is C15H20F3NO3. The van der Waals surface area contributed by atoms with Crippen molar-refractivity contribution in [3.63, 3.8) is 0 Å². The van der Waals surface area contributed by atoms with E-state index in [1.165, 1.54) is 27.4 Å². The Labute approximate surface area is 127 Å². The number of rotatable bonds is 5. The summed E-state index contributed by atoms with van der Waals surface area (Å²) in [5, 5.41) is 3.30. The second kappa shape index (κ2) is 6.75. The van der Waals surface area contributed by atoms with E-state index in [0.717, 1.165) is 25.5 Å². The predicted molar refractivity (Wildman–Crippen MR) is 75.3 cm³/mol. The van der Waals surface area contributed by atoms with Gasteiger partial charge in [0.25, 0.3) is 0 Å². The number of hydrogen-bond donors (Lipinski definition) is 1. The van der Waals surface area contributed by atoms with E-state index in [2.05, 4.69) is 5.32 Å². The highest BCUT2D eigenvalue weighted by Gasteiger charge is 2.37. The van der Waals surface area contributed by atoms with Crippen LogP contribution >= 0.6 is 0 Å². The third kappa shape index (κ3) is 3.30. The summed E-state index contributed by atoms with van der Waals surface area (Å²) in [5.74, 6) is -0.0861. The summed E-state index contributed by atoms with van der Waals surface area (Å²) >= 11 is 0. The third-order valence-electron chi connectivity index (χ3n) is 3.88. The Morgan fingerprint density at radius 3 is 2.27 bits per heavy atom. The molecule has 0 amide bonds. The van der Waals surface area contributed by atoms with Gasteiger partial charge in [-0.1, -0.05) is 0 Å². The average Bonchev–Trinajstić information content (AvgIpc) is 3.00. The van der Waals surface area contributed by atoms with Gasteiger partial charge in [-0.05, 0) is 31.5 Å². The maximum Gasteiger partial charge on any atom is 0.420 e. The van der Waals surface area contributed by atoms with Crippen LogP contribution < -0.4 is 14.8 Å². The molecule has 0 aromatic heterocycles.